The average molecular weight is 306 g/mol. The van der Waals surface area contributed by atoms with E-state index in [0.717, 1.165) is 22.2 Å². The third-order valence-electron chi connectivity index (χ3n) is 3.56. The minimum Gasteiger partial charge on any atom is -0.378 e. The van der Waals surface area contributed by atoms with Crippen LogP contribution in [-0.2, 0) is 0 Å². The monoisotopic (exact) mass is 306 g/mol. The number of benzene rings is 2. The number of hydrogen-bond donors (Lipinski definition) is 2. The molecule has 0 saturated carbocycles. The molecule has 116 valence electrons. The van der Waals surface area contributed by atoms with Crippen molar-refractivity contribution in [2.24, 2.45) is 5.10 Å². The number of para-hydroxylation sites is 1. The quantitative estimate of drug-likeness (QED) is 0.575. The van der Waals surface area contributed by atoms with Gasteiger partial charge in [-0.25, -0.2) is 0 Å². The van der Waals surface area contributed by atoms with Crippen molar-refractivity contribution in [2.45, 2.75) is 0 Å². The molecule has 0 unspecified atom stereocenters. The summed E-state index contributed by atoms with van der Waals surface area (Å²) in [5.41, 5.74) is 6.39. The Bertz CT molecular complexity index is 895. The Labute approximate surface area is 134 Å². The number of rotatable bonds is 4. The third-order valence-corrected chi connectivity index (χ3v) is 3.56. The number of aromatic amines is 1. The zero-order chi connectivity index (χ0) is 16.2. The number of H-pyrrole nitrogens is 1. The van der Waals surface area contributed by atoms with Crippen LogP contribution in [0.1, 0.15) is 5.56 Å². The molecule has 2 N–H and O–H groups in total. The maximum atomic E-state index is 11.7. The number of anilines is 2. The molecule has 23 heavy (non-hydrogen) atoms. The normalized spacial score (nSPS) is 11.0. The largest absolute Gasteiger partial charge is 0.378 e. The van der Waals surface area contributed by atoms with E-state index >= 15 is 0 Å². The molecule has 0 fully saturated rings. The van der Waals surface area contributed by atoms with Crippen molar-refractivity contribution in [1.29, 1.82) is 0 Å². The van der Waals surface area contributed by atoms with Crippen LogP contribution < -0.4 is 15.9 Å². The van der Waals surface area contributed by atoms with Crippen molar-refractivity contribution < 1.29 is 0 Å². The van der Waals surface area contributed by atoms with Crippen molar-refractivity contribution in [2.75, 3.05) is 24.4 Å². The van der Waals surface area contributed by atoms with E-state index in [1.165, 1.54) is 6.07 Å². The molecule has 3 rings (SSSR count). The highest BCUT2D eigenvalue weighted by Crippen LogP contribution is 2.19. The molecule has 0 amide bonds. The van der Waals surface area contributed by atoms with Crippen LogP contribution in [0.25, 0.3) is 10.9 Å². The highest BCUT2D eigenvalue weighted by molar-refractivity contribution is 5.91. The van der Waals surface area contributed by atoms with Crippen LogP contribution in [0, 0.1) is 0 Å². The van der Waals surface area contributed by atoms with Crippen LogP contribution in [0.3, 0.4) is 0 Å². The molecule has 2 aromatic carbocycles. The van der Waals surface area contributed by atoms with Crippen molar-refractivity contribution in [3.8, 4) is 0 Å². The summed E-state index contributed by atoms with van der Waals surface area (Å²) in [5, 5.41) is 5.16. The smallest absolute Gasteiger partial charge is 0.250 e. The van der Waals surface area contributed by atoms with Gasteiger partial charge >= 0.3 is 0 Å². The Morgan fingerprint density at radius 3 is 2.57 bits per heavy atom. The van der Waals surface area contributed by atoms with Crippen LogP contribution in [0.4, 0.5) is 11.4 Å². The summed E-state index contributed by atoms with van der Waals surface area (Å²) in [6.07, 6.45) is 1.73. The predicted octanol–water partition coefficient (Wildman–Crippen LogP) is 3.04. The molecule has 0 saturated heterocycles. The van der Waals surface area contributed by atoms with E-state index in [1.54, 1.807) is 6.21 Å². The number of hydrogen-bond acceptors (Lipinski definition) is 4. The molecule has 0 spiro atoms. The van der Waals surface area contributed by atoms with Crippen LogP contribution in [0.15, 0.2) is 64.5 Å². The second-order valence-corrected chi connectivity index (χ2v) is 5.45. The topological polar surface area (TPSA) is 60.5 Å². The van der Waals surface area contributed by atoms with Gasteiger partial charge in [0, 0.05) is 31.2 Å². The lowest BCUT2D eigenvalue weighted by molar-refractivity contribution is 1.13. The summed E-state index contributed by atoms with van der Waals surface area (Å²) in [7, 11) is 4.01. The van der Waals surface area contributed by atoms with Crippen molar-refractivity contribution in [3.05, 3.63) is 70.5 Å². The highest BCUT2D eigenvalue weighted by atomic mass is 16.1. The van der Waals surface area contributed by atoms with Gasteiger partial charge in [0.2, 0.25) is 0 Å². The standard InChI is InChI=1S/C18H18N4O/c1-22(2)14-9-7-13(8-10-14)12-19-21-17-11-18(23)20-16-6-4-3-5-15(16)17/h3-12H,1-2H3,(H2,20,21,23)/b19-12-. The van der Waals surface area contributed by atoms with E-state index in [1.807, 2.05) is 67.5 Å². The number of nitrogens with zero attached hydrogens (tertiary/aromatic N) is 2. The summed E-state index contributed by atoms with van der Waals surface area (Å²) in [4.78, 5) is 16.5. The van der Waals surface area contributed by atoms with Gasteiger partial charge in [0.1, 0.15) is 0 Å². The molecule has 0 atom stereocenters. The summed E-state index contributed by atoms with van der Waals surface area (Å²) < 4.78 is 0. The predicted molar refractivity (Wildman–Crippen MR) is 96.6 cm³/mol. The molecule has 0 aliphatic rings. The molecule has 0 bridgehead atoms. The second kappa shape index (κ2) is 6.36. The lowest BCUT2D eigenvalue weighted by atomic mass is 10.2. The van der Waals surface area contributed by atoms with Crippen molar-refractivity contribution in [1.82, 2.24) is 4.98 Å². The Morgan fingerprint density at radius 2 is 1.83 bits per heavy atom. The average Bonchev–Trinajstić information content (AvgIpc) is 2.55. The van der Waals surface area contributed by atoms with Gasteiger partial charge in [0.15, 0.2) is 0 Å². The first-order chi connectivity index (χ1) is 11.1. The van der Waals surface area contributed by atoms with Gasteiger partial charge in [0.25, 0.3) is 5.56 Å². The first kappa shape index (κ1) is 14.8. The van der Waals surface area contributed by atoms with Gasteiger partial charge in [-0.3, -0.25) is 10.2 Å². The Balaban J connectivity index is 1.81. The second-order valence-electron chi connectivity index (χ2n) is 5.45. The molecule has 5 heteroatoms. The first-order valence-electron chi connectivity index (χ1n) is 7.32. The van der Waals surface area contributed by atoms with Crippen LogP contribution >= 0.6 is 0 Å². The first-order valence-corrected chi connectivity index (χ1v) is 7.32. The van der Waals surface area contributed by atoms with E-state index in [4.69, 9.17) is 0 Å². The van der Waals surface area contributed by atoms with Gasteiger partial charge in [0.05, 0.1) is 17.4 Å². The minimum absolute atomic E-state index is 0.156. The molecule has 3 aromatic rings. The van der Waals surface area contributed by atoms with Gasteiger partial charge in [-0.2, -0.15) is 5.10 Å². The Morgan fingerprint density at radius 1 is 1.09 bits per heavy atom. The number of pyridine rings is 1. The summed E-state index contributed by atoms with van der Waals surface area (Å²) in [6.45, 7) is 0. The number of hydrazone groups is 1. The van der Waals surface area contributed by atoms with E-state index < -0.39 is 0 Å². The van der Waals surface area contributed by atoms with Crippen LogP contribution in [0.2, 0.25) is 0 Å². The van der Waals surface area contributed by atoms with Crippen molar-refractivity contribution >= 4 is 28.5 Å². The summed E-state index contributed by atoms with van der Waals surface area (Å²) >= 11 is 0. The SMILES string of the molecule is CN(C)c1ccc(/C=N\Nc2cc(=O)[nH]c3ccccc23)cc1. The molecule has 1 heterocycles. The summed E-state index contributed by atoms with van der Waals surface area (Å²) in [6, 6.07) is 17.2. The fourth-order valence-electron chi connectivity index (χ4n) is 2.33. The summed E-state index contributed by atoms with van der Waals surface area (Å²) in [5.74, 6) is 0. The molecular formula is C18H18N4O. The Kier molecular flexibility index (Phi) is 4.10. The molecule has 0 aliphatic heterocycles. The van der Waals surface area contributed by atoms with E-state index in [9.17, 15) is 4.79 Å². The lowest BCUT2D eigenvalue weighted by Crippen LogP contribution is -2.08. The maximum absolute atomic E-state index is 11.7. The maximum Gasteiger partial charge on any atom is 0.250 e. The van der Waals surface area contributed by atoms with Gasteiger partial charge < -0.3 is 9.88 Å². The molecule has 1 aromatic heterocycles. The van der Waals surface area contributed by atoms with Crippen LogP contribution in [0.5, 0.6) is 0 Å². The van der Waals surface area contributed by atoms with E-state index in [0.29, 0.717) is 5.69 Å². The zero-order valence-electron chi connectivity index (χ0n) is 13.1. The van der Waals surface area contributed by atoms with Gasteiger partial charge in [-0.1, -0.05) is 30.3 Å². The number of fused-ring (bicyclic) bond motifs is 1. The van der Waals surface area contributed by atoms with Crippen LogP contribution in [-0.4, -0.2) is 25.3 Å². The fraction of sp³-hybridized carbons (Fsp3) is 0.111. The lowest BCUT2D eigenvalue weighted by Gasteiger charge is -2.11. The zero-order valence-corrected chi connectivity index (χ0v) is 13.1. The molecule has 5 nitrogen and oxygen atoms in total. The van der Waals surface area contributed by atoms with Gasteiger partial charge in [-0.15, -0.1) is 0 Å². The number of nitrogens with one attached hydrogen (secondary N) is 2. The van der Waals surface area contributed by atoms with Crippen molar-refractivity contribution in [3.63, 3.8) is 0 Å². The molecule has 0 radical (unpaired) electrons. The minimum atomic E-state index is -0.156. The Hall–Kier alpha value is -3.08. The molecular weight excluding hydrogens is 288 g/mol. The van der Waals surface area contributed by atoms with E-state index in [-0.39, 0.29) is 5.56 Å². The third kappa shape index (κ3) is 3.40. The van der Waals surface area contributed by atoms with E-state index in [2.05, 4.69) is 15.5 Å². The molecule has 0 aliphatic carbocycles. The highest BCUT2D eigenvalue weighted by Gasteiger charge is 2.01. The van der Waals surface area contributed by atoms with Gasteiger partial charge in [-0.05, 0) is 23.8 Å². The fourth-order valence-corrected chi connectivity index (χ4v) is 2.33. The number of aromatic nitrogens is 1.